The maximum atomic E-state index is 6.26. The molecule has 0 aliphatic carbocycles. The van der Waals surface area contributed by atoms with Crippen LogP contribution < -0.4 is 9.64 Å². The minimum absolute atomic E-state index is 0.780. The second-order valence-electron chi connectivity index (χ2n) is 9.17. The summed E-state index contributed by atoms with van der Waals surface area (Å²) < 4.78 is 6.26. The van der Waals surface area contributed by atoms with Gasteiger partial charge in [0.1, 0.15) is 11.5 Å². The summed E-state index contributed by atoms with van der Waals surface area (Å²) in [6, 6.07) is 39.6. The van der Waals surface area contributed by atoms with Crippen molar-refractivity contribution in [3.63, 3.8) is 0 Å². The van der Waals surface area contributed by atoms with Crippen molar-refractivity contribution in [3.8, 4) is 45.0 Å². The predicted molar refractivity (Wildman–Crippen MR) is 151 cm³/mol. The van der Waals surface area contributed by atoms with Crippen LogP contribution >= 0.6 is 0 Å². The van der Waals surface area contributed by atoms with Crippen LogP contribution in [-0.4, -0.2) is 23.6 Å². The molecule has 0 amide bonds. The van der Waals surface area contributed by atoms with Crippen LogP contribution in [-0.2, 0) is 0 Å². The number of anilines is 1. The second-order valence-corrected chi connectivity index (χ2v) is 9.17. The fraction of sp³-hybridized carbons (Fsp3) is 0.0606. The first-order chi connectivity index (χ1) is 18.2. The largest absolute Gasteiger partial charge is 0.457 e. The van der Waals surface area contributed by atoms with Crippen molar-refractivity contribution in [2.45, 2.75) is 0 Å². The summed E-state index contributed by atoms with van der Waals surface area (Å²) in [6.07, 6.45) is 6.02. The molecule has 1 aliphatic heterocycles. The van der Waals surface area contributed by atoms with E-state index < -0.39 is 0 Å². The van der Waals surface area contributed by atoms with Gasteiger partial charge in [-0.1, -0.05) is 66.7 Å². The van der Waals surface area contributed by atoms with Gasteiger partial charge in [0.25, 0.3) is 0 Å². The molecule has 0 radical (unpaired) electrons. The van der Waals surface area contributed by atoms with E-state index in [9.17, 15) is 0 Å². The Morgan fingerprint density at radius 3 is 2.08 bits per heavy atom. The van der Waals surface area contributed by atoms with Gasteiger partial charge in [-0.25, -0.2) is 0 Å². The highest BCUT2D eigenvalue weighted by Crippen LogP contribution is 2.32. The minimum Gasteiger partial charge on any atom is -0.457 e. The molecule has 0 saturated heterocycles. The molecule has 4 heteroatoms. The fourth-order valence-corrected chi connectivity index (χ4v) is 4.55. The number of ether oxygens (including phenoxy) is 1. The summed E-state index contributed by atoms with van der Waals surface area (Å²) in [5.41, 5.74) is 7.72. The Morgan fingerprint density at radius 1 is 0.595 bits per heavy atom. The van der Waals surface area contributed by atoms with Gasteiger partial charge < -0.3 is 14.5 Å². The standard InChI is InChI=1S/C33H27N3O/c1-35-18-19-36(24-35)30-13-7-15-32(23-30)37-31-14-6-12-29(21-31)33-22-28(16-17-34-33)27-11-5-10-26(20-27)25-8-3-2-4-9-25/h2-23H,24H2,1H3. The molecule has 5 aromatic rings. The topological polar surface area (TPSA) is 28.6 Å². The predicted octanol–water partition coefficient (Wildman–Crippen LogP) is 8.06. The van der Waals surface area contributed by atoms with Crippen LogP contribution in [0.5, 0.6) is 11.5 Å². The Morgan fingerprint density at radius 2 is 1.27 bits per heavy atom. The summed E-state index contributed by atoms with van der Waals surface area (Å²) in [6.45, 7) is 0.829. The minimum atomic E-state index is 0.780. The van der Waals surface area contributed by atoms with Crippen molar-refractivity contribution in [2.75, 3.05) is 18.6 Å². The molecule has 4 nitrogen and oxygen atoms in total. The van der Waals surface area contributed by atoms with Crippen LogP contribution in [0, 0.1) is 0 Å². The molecule has 1 aromatic heterocycles. The van der Waals surface area contributed by atoms with Crippen molar-refractivity contribution in [1.82, 2.24) is 9.88 Å². The van der Waals surface area contributed by atoms with Gasteiger partial charge in [0.15, 0.2) is 0 Å². The SMILES string of the molecule is CN1C=CN(c2cccc(Oc3cccc(-c4cc(-c5cccc(-c6ccccc6)c5)ccn4)c3)c2)C1. The maximum Gasteiger partial charge on any atom is 0.129 e. The molecule has 0 saturated carbocycles. The van der Waals surface area contributed by atoms with Gasteiger partial charge in [0.2, 0.25) is 0 Å². The van der Waals surface area contributed by atoms with Crippen molar-refractivity contribution in [2.24, 2.45) is 0 Å². The van der Waals surface area contributed by atoms with Crippen molar-refractivity contribution in [3.05, 3.63) is 134 Å². The number of benzene rings is 4. The molecule has 0 spiro atoms. The molecule has 0 atom stereocenters. The van der Waals surface area contributed by atoms with Gasteiger partial charge in [0.05, 0.1) is 12.4 Å². The first-order valence-electron chi connectivity index (χ1n) is 12.4. The van der Waals surface area contributed by atoms with Crippen molar-refractivity contribution < 1.29 is 4.74 Å². The number of nitrogens with zero attached hydrogens (tertiary/aromatic N) is 3. The van der Waals surface area contributed by atoms with E-state index in [-0.39, 0.29) is 0 Å². The highest BCUT2D eigenvalue weighted by atomic mass is 16.5. The lowest BCUT2D eigenvalue weighted by molar-refractivity contribution is 0.481. The highest BCUT2D eigenvalue weighted by molar-refractivity contribution is 5.75. The molecular formula is C33H27N3O. The smallest absolute Gasteiger partial charge is 0.129 e. The molecule has 1 aliphatic rings. The van der Waals surface area contributed by atoms with Crippen LogP contribution in [0.2, 0.25) is 0 Å². The van der Waals surface area contributed by atoms with Gasteiger partial charge in [-0.2, -0.15) is 0 Å². The number of aromatic nitrogens is 1. The molecular weight excluding hydrogens is 454 g/mol. The molecule has 6 rings (SSSR count). The first-order valence-corrected chi connectivity index (χ1v) is 12.4. The quantitative estimate of drug-likeness (QED) is 0.245. The average molecular weight is 482 g/mol. The zero-order chi connectivity index (χ0) is 25.0. The molecule has 0 N–H and O–H groups in total. The second kappa shape index (κ2) is 10.0. The fourth-order valence-electron chi connectivity index (χ4n) is 4.55. The molecule has 180 valence electrons. The number of hydrogen-bond donors (Lipinski definition) is 0. The third-order valence-corrected chi connectivity index (χ3v) is 6.45. The lowest BCUT2D eigenvalue weighted by Crippen LogP contribution is -2.21. The van der Waals surface area contributed by atoms with Crippen LogP contribution in [0.25, 0.3) is 33.5 Å². The van der Waals surface area contributed by atoms with Crippen LogP contribution in [0.1, 0.15) is 0 Å². The van der Waals surface area contributed by atoms with E-state index in [2.05, 4.69) is 113 Å². The molecule has 37 heavy (non-hydrogen) atoms. The Balaban J connectivity index is 1.25. The normalized spacial score (nSPS) is 12.7. The Bertz CT molecular complexity index is 1560. The third-order valence-electron chi connectivity index (χ3n) is 6.45. The summed E-state index contributed by atoms with van der Waals surface area (Å²) in [5.74, 6) is 1.58. The molecule has 4 aromatic carbocycles. The van der Waals surface area contributed by atoms with E-state index >= 15 is 0 Å². The molecule has 0 fully saturated rings. The summed E-state index contributed by atoms with van der Waals surface area (Å²) >= 11 is 0. The van der Waals surface area contributed by atoms with Gasteiger partial charge in [-0.15, -0.1) is 0 Å². The van der Waals surface area contributed by atoms with E-state index in [1.807, 2.05) is 42.6 Å². The van der Waals surface area contributed by atoms with Crippen LogP contribution in [0.4, 0.5) is 5.69 Å². The van der Waals surface area contributed by atoms with E-state index in [4.69, 9.17) is 4.74 Å². The Kier molecular flexibility index (Phi) is 6.14. The van der Waals surface area contributed by atoms with E-state index in [0.29, 0.717) is 0 Å². The Hall–Kier alpha value is -4.83. The summed E-state index contributed by atoms with van der Waals surface area (Å²) in [7, 11) is 2.06. The average Bonchev–Trinajstić information content (AvgIpc) is 3.40. The highest BCUT2D eigenvalue weighted by Gasteiger charge is 2.12. The molecule has 2 heterocycles. The van der Waals surface area contributed by atoms with Gasteiger partial charge in [-0.3, -0.25) is 4.98 Å². The van der Waals surface area contributed by atoms with Gasteiger partial charge >= 0.3 is 0 Å². The Labute approximate surface area is 217 Å². The number of pyridine rings is 1. The lowest BCUT2D eigenvalue weighted by atomic mass is 9.98. The van der Waals surface area contributed by atoms with E-state index in [1.165, 1.54) is 11.1 Å². The maximum absolute atomic E-state index is 6.26. The summed E-state index contributed by atoms with van der Waals surface area (Å²) in [5, 5.41) is 0. The molecule has 0 unspecified atom stereocenters. The van der Waals surface area contributed by atoms with E-state index in [1.54, 1.807) is 0 Å². The monoisotopic (exact) mass is 481 g/mol. The first kappa shape index (κ1) is 22.6. The van der Waals surface area contributed by atoms with Crippen LogP contribution in [0.15, 0.2) is 134 Å². The summed E-state index contributed by atoms with van der Waals surface area (Å²) in [4.78, 5) is 8.98. The zero-order valence-electron chi connectivity index (χ0n) is 20.7. The van der Waals surface area contributed by atoms with E-state index in [0.717, 1.165) is 46.2 Å². The van der Waals surface area contributed by atoms with Gasteiger partial charge in [0, 0.05) is 43.0 Å². The third kappa shape index (κ3) is 5.09. The van der Waals surface area contributed by atoms with Crippen molar-refractivity contribution >= 4 is 5.69 Å². The number of rotatable bonds is 6. The van der Waals surface area contributed by atoms with Crippen molar-refractivity contribution in [1.29, 1.82) is 0 Å². The van der Waals surface area contributed by atoms with Crippen LogP contribution in [0.3, 0.4) is 0 Å². The lowest BCUT2D eigenvalue weighted by Gasteiger charge is -2.19. The van der Waals surface area contributed by atoms with Gasteiger partial charge in [-0.05, 0) is 64.7 Å². The zero-order valence-corrected chi connectivity index (χ0v) is 20.7. The molecule has 0 bridgehead atoms. The number of hydrogen-bond acceptors (Lipinski definition) is 4.